The molecule has 0 fully saturated rings. The molecule has 6 nitrogen and oxygen atoms in total. The summed E-state index contributed by atoms with van der Waals surface area (Å²) >= 11 is 0. The molecule has 142 valence electrons. The maximum Gasteiger partial charge on any atom is 0.303 e. The van der Waals surface area contributed by atoms with Gasteiger partial charge in [-0.25, -0.2) is 9.07 Å². The van der Waals surface area contributed by atoms with Crippen molar-refractivity contribution in [3.8, 4) is 5.69 Å². The zero-order valence-corrected chi connectivity index (χ0v) is 15.4. The quantitative estimate of drug-likeness (QED) is 0.876. The Labute approximate surface area is 156 Å². The Balaban J connectivity index is 1.79. The van der Waals surface area contributed by atoms with E-state index in [-0.39, 0.29) is 24.7 Å². The van der Waals surface area contributed by atoms with Crippen molar-refractivity contribution in [1.82, 2.24) is 14.7 Å². The number of nitrogens with zero attached hydrogens (tertiary/aromatic N) is 3. The number of hydrogen-bond acceptors (Lipinski definition) is 3. The van der Waals surface area contributed by atoms with Crippen LogP contribution in [-0.4, -0.2) is 44.8 Å². The molecule has 1 aromatic carbocycles. The van der Waals surface area contributed by atoms with E-state index < -0.39 is 5.97 Å². The first-order valence-electron chi connectivity index (χ1n) is 8.88. The molecule has 0 aliphatic carbocycles. The topological polar surface area (TPSA) is 75.4 Å². The Morgan fingerprint density at radius 1 is 1.22 bits per heavy atom. The highest BCUT2D eigenvalue weighted by molar-refractivity contribution is 5.94. The van der Waals surface area contributed by atoms with Gasteiger partial charge in [0.15, 0.2) is 0 Å². The van der Waals surface area contributed by atoms with Crippen LogP contribution in [0.15, 0.2) is 36.2 Å². The van der Waals surface area contributed by atoms with E-state index in [0.717, 1.165) is 22.6 Å². The van der Waals surface area contributed by atoms with Crippen LogP contribution in [0, 0.1) is 13.8 Å². The summed E-state index contributed by atoms with van der Waals surface area (Å²) in [5.41, 5.74) is 3.90. The van der Waals surface area contributed by atoms with Crippen molar-refractivity contribution in [1.29, 1.82) is 0 Å². The van der Waals surface area contributed by atoms with Gasteiger partial charge in [0.05, 0.1) is 17.9 Å². The van der Waals surface area contributed by atoms with Crippen molar-refractivity contribution < 1.29 is 19.1 Å². The van der Waals surface area contributed by atoms with Gasteiger partial charge in [-0.2, -0.15) is 5.10 Å². The fourth-order valence-electron chi connectivity index (χ4n) is 3.32. The fourth-order valence-corrected chi connectivity index (χ4v) is 3.32. The van der Waals surface area contributed by atoms with Gasteiger partial charge in [0, 0.05) is 24.2 Å². The van der Waals surface area contributed by atoms with Crippen molar-refractivity contribution in [3.05, 3.63) is 58.7 Å². The van der Waals surface area contributed by atoms with Crippen LogP contribution in [0.2, 0.25) is 0 Å². The van der Waals surface area contributed by atoms with Gasteiger partial charge in [-0.1, -0.05) is 0 Å². The summed E-state index contributed by atoms with van der Waals surface area (Å²) in [7, 11) is 0. The number of aromatic nitrogens is 2. The van der Waals surface area contributed by atoms with Gasteiger partial charge in [-0.05, 0) is 62.6 Å². The molecule has 1 aliphatic heterocycles. The summed E-state index contributed by atoms with van der Waals surface area (Å²) < 4.78 is 15.2. The molecule has 1 N–H and O–H groups in total. The highest BCUT2D eigenvalue weighted by atomic mass is 19.1. The van der Waals surface area contributed by atoms with E-state index in [9.17, 15) is 14.0 Å². The van der Waals surface area contributed by atoms with E-state index in [0.29, 0.717) is 24.9 Å². The van der Waals surface area contributed by atoms with Crippen LogP contribution in [0.1, 0.15) is 40.2 Å². The van der Waals surface area contributed by atoms with Crippen LogP contribution in [0.3, 0.4) is 0 Å². The van der Waals surface area contributed by atoms with Crippen molar-refractivity contribution >= 4 is 11.9 Å². The lowest BCUT2D eigenvalue weighted by molar-refractivity contribution is -0.136. The first-order valence-corrected chi connectivity index (χ1v) is 8.88. The smallest absolute Gasteiger partial charge is 0.303 e. The largest absolute Gasteiger partial charge is 0.481 e. The first-order chi connectivity index (χ1) is 12.9. The summed E-state index contributed by atoms with van der Waals surface area (Å²) in [6, 6.07) is 7.01. The SMILES string of the molecule is Cc1nn(-c2ccc(C(=O)N3CCC=C(F)C3)cc2)c(C)c1CCC(=O)O. The van der Waals surface area contributed by atoms with E-state index in [1.165, 1.54) is 11.0 Å². The van der Waals surface area contributed by atoms with Crippen LogP contribution >= 0.6 is 0 Å². The molecule has 7 heteroatoms. The van der Waals surface area contributed by atoms with Crippen molar-refractivity contribution in [3.63, 3.8) is 0 Å². The third-order valence-electron chi connectivity index (χ3n) is 4.78. The molecule has 1 aliphatic rings. The van der Waals surface area contributed by atoms with Crippen LogP contribution in [0.5, 0.6) is 0 Å². The summed E-state index contributed by atoms with van der Waals surface area (Å²) in [5, 5.41) is 13.4. The Morgan fingerprint density at radius 3 is 2.56 bits per heavy atom. The molecule has 27 heavy (non-hydrogen) atoms. The van der Waals surface area contributed by atoms with Crippen LogP contribution in [-0.2, 0) is 11.2 Å². The number of aliphatic carboxylic acids is 1. The minimum atomic E-state index is -0.839. The highest BCUT2D eigenvalue weighted by Gasteiger charge is 2.20. The second-order valence-corrected chi connectivity index (χ2v) is 6.67. The van der Waals surface area contributed by atoms with Gasteiger partial charge >= 0.3 is 5.97 Å². The average molecular weight is 371 g/mol. The molecule has 1 amide bonds. The molecule has 0 atom stereocenters. The molecular formula is C20H22FN3O3. The van der Waals surface area contributed by atoms with Crippen LogP contribution < -0.4 is 0 Å². The molecule has 0 bridgehead atoms. The average Bonchev–Trinajstić information content (AvgIpc) is 2.93. The number of carbonyl (C=O) groups is 2. The van der Waals surface area contributed by atoms with E-state index in [4.69, 9.17) is 5.11 Å². The maximum absolute atomic E-state index is 13.4. The second-order valence-electron chi connectivity index (χ2n) is 6.67. The molecule has 1 aromatic heterocycles. The second kappa shape index (κ2) is 7.73. The number of rotatable bonds is 5. The number of halogens is 1. The summed E-state index contributed by atoms with van der Waals surface area (Å²) in [6.45, 7) is 4.29. The van der Waals surface area contributed by atoms with Gasteiger partial charge in [-0.3, -0.25) is 9.59 Å². The third-order valence-corrected chi connectivity index (χ3v) is 4.78. The molecule has 0 radical (unpaired) electrons. The molecule has 0 saturated heterocycles. The Bertz CT molecular complexity index is 900. The van der Waals surface area contributed by atoms with E-state index in [1.54, 1.807) is 28.9 Å². The molecule has 0 unspecified atom stereocenters. The summed E-state index contributed by atoms with van der Waals surface area (Å²) in [4.78, 5) is 24.9. The van der Waals surface area contributed by atoms with Gasteiger partial charge in [-0.15, -0.1) is 0 Å². The standard InChI is InChI=1S/C20H22FN3O3/c1-13-18(9-10-19(25)26)14(2)24(22-13)17-7-5-15(6-8-17)20(27)23-11-3-4-16(21)12-23/h4-8H,3,9-12H2,1-2H3,(H,25,26). The minimum absolute atomic E-state index is 0.0188. The molecule has 0 saturated carbocycles. The molecule has 3 rings (SSSR count). The summed E-state index contributed by atoms with van der Waals surface area (Å²) in [6.07, 6.45) is 2.53. The number of carbonyl (C=O) groups excluding carboxylic acids is 1. The number of aryl methyl sites for hydroxylation is 1. The zero-order valence-electron chi connectivity index (χ0n) is 15.4. The lowest BCUT2D eigenvalue weighted by atomic mass is 10.1. The van der Waals surface area contributed by atoms with E-state index >= 15 is 0 Å². The van der Waals surface area contributed by atoms with Crippen LogP contribution in [0.4, 0.5) is 4.39 Å². The highest BCUT2D eigenvalue weighted by Crippen LogP contribution is 2.21. The lowest BCUT2D eigenvalue weighted by Gasteiger charge is -2.24. The van der Waals surface area contributed by atoms with E-state index in [1.807, 2.05) is 13.8 Å². The number of hydrogen-bond donors (Lipinski definition) is 1. The molecule has 2 heterocycles. The normalized spacial score (nSPS) is 14.2. The molecule has 2 aromatic rings. The van der Waals surface area contributed by atoms with Gasteiger partial charge in [0.2, 0.25) is 0 Å². The van der Waals surface area contributed by atoms with Gasteiger partial charge in [0.25, 0.3) is 5.91 Å². The van der Waals surface area contributed by atoms with Gasteiger partial charge in [0.1, 0.15) is 5.83 Å². The van der Waals surface area contributed by atoms with Gasteiger partial charge < -0.3 is 10.0 Å². The first kappa shape index (κ1) is 18.8. The Morgan fingerprint density at radius 2 is 1.93 bits per heavy atom. The van der Waals surface area contributed by atoms with Crippen molar-refractivity contribution in [2.75, 3.05) is 13.1 Å². The number of carboxylic acids is 1. The Hall–Kier alpha value is -2.96. The van der Waals surface area contributed by atoms with Crippen LogP contribution in [0.25, 0.3) is 5.69 Å². The fraction of sp³-hybridized carbons (Fsp3) is 0.350. The zero-order chi connectivity index (χ0) is 19.6. The molecular weight excluding hydrogens is 349 g/mol. The molecule has 0 spiro atoms. The lowest BCUT2D eigenvalue weighted by Crippen LogP contribution is -2.35. The Kier molecular flexibility index (Phi) is 5.39. The minimum Gasteiger partial charge on any atom is -0.481 e. The number of carboxylic acid groups (broad SMARTS) is 1. The maximum atomic E-state index is 13.4. The predicted octanol–water partition coefficient (Wildman–Crippen LogP) is 3.21. The van der Waals surface area contributed by atoms with Crippen molar-refractivity contribution in [2.24, 2.45) is 0 Å². The van der Waals surface area contributed by atoms with E-state index in [2.05, 4.69) is 5.10 Å². The monoisotopic (exact) mass is 371 g/mol. The van der Waals surface area contributed by atoms with Crippen molar-refractivity contribution in [2.45, 2.75) is 33.1 Å². The summed E-state index contributed by atoms with van der Waals surface area (Å²) in [5.74, 6) is -1.31. The predicted molar refractivity (Wildman–Crippen MR) is 98.7 cm³/mol. The number of amides is 1. The number of benzene rings is 1. The third kappa shape index (κ3) is 4.07.